The van der Waals surface area contributed by atoms with Crippen LogP contribution in [0.4, 0.5) is 28.9 Å². The van der Waals surface area contributed by atoms with Gasteiger partial charge in [0.05, 0.1) is 16.3 Å². The van der Waals surface area contributed by atoms with Crippen molar-refractivity contribution in [1.29, 1.82) is 0 Å². The van der Waals surface area contributed by atoms with Crippen LogP contribution < -0.4 is 16.0 Å². The Morgan fingerprint density at radius 1 is 0.760 bits per heavy atom. The molecule has 0 aliphatic carbocycles. The molecule has 50 heavy (non-hydrogen) atoms. The first-order valence-corrected chi connectivity index (χ1v) is 16.4. The van der Waals surface area contributed by atoms with Crippen LogP contribution in [0.1, 0.15) is 32.3 Å². The number of benzene rings is 5. The number of thioether (sulfide) groups is 1. The Labute approximate surface area is 298 Å². The maximum Gasteiger partial charge on any atom is 0.418 e. The van der Waals surface area contributed by atoms with Crippen LogP contribution in [0.25, 0.3) is 6.08 Å². The number of alkyl halides is 3. The molecule has 5 aromatic rings. The molecule has 3 N–H and O–H groups in total. The summed E-state index contributed by atoms with van der Waals surface area (Å²) >= 11 is 13.0. The lowest BCUT2D eigenvalue weighted by Crippen LogP contribution is -2.30. The number of hydrogen-bond donors (Lipinski definition) is 3. The Morgan fingerprint density at radius 3 is 2.12 bits per heavy atom. The molecule has 0 aliphatic heterocycles. The van der Waals surface area contributed by atoms with Crippen LogP contribution in [0.3, 0.4) is 0 Å². The number of halogens is 6. The fraction of sp³-hybridized carbons (Fsp3) is 0.0541. The highest BCUT2D eigenvalue weighted by atomic mass is 35.5. The highest BCUT2D eigenvalue weighted by Gasteiger charge is 2.35. The zero-order valence-electron chi connectivity index (χ0n) is 25.6. The molecule has 0 bridgehead atoms. The summed E-state index contributed by atoms with van der Waals surface area (Å²) in [6, 6.07) is 29.9. The van der Waals surface area contributed by atoms with Crippen molar-refractivity contribution >= 4 is 70.1 Å². The lowest BCUT2D eigenvalue weighted by molar-refractivity contribution is -0.137. The number of rotatable bonds is 10. The summed E-state index contributed by atoms with van der Waals surface area (Å²) in [4.78, 5) is 40.6. The number of carbonyl (C=O) groups is 3. The van der Waals surface area contributed by atoms with Gasteiger partial charge in [-0.1, -0.05) is 83.9 Å². The maximum atomic E-state index is 14.7. The van der Waals surface area contributed by atoms with Gasteiger partial charge in [0.2, 0.25) is 5.91 Å². The third-order valence-corrected chi connectivity index (χ3v) is 8.86. The first kappa shape index (κ1) is 36.2. The second kappa shape index (κ2) is 16.1. The summed E-state index contributed by atoms with van der Waals surface area (Å²) in [6.45, 7) is 0. The van der Waals surface area contributed by atoms with E-state index in [1.165, 1.54) is 30.3 Å². The molecule has 13 heteroatoms. The molecule has 0 aromatic heterocycles. The van der Waals surface area contributed by atoms with Gasteiger partial charge in [-0.15, -0.1) is 11.8 Å². The van der Waals surface area contributed by atoms with Crippen molar-refractivity contribution in [3.63, 3.8) is 0 Å². The second-order valence-electron chi connectivity index (χ2n) is 10.6. The Balaban J connectivity index is 1.42. The van der Waals surface area contributed by atoms with Gasteiger partial charge in [0.15, 0.2) is 0 Å². The SMILES string of the molecule is O=C(Nc1cccc(SC(C(=O)Nc2ccc(Cl)cc2C(F)(F)F)c2ccccc2)c1)/C(=C\c1c(F)cccc1Cl)NC(=O)c1ccccc1. The van der Waals surface area contributed by atoms with Crippen LogP contribution in [-0.4, -0.2) is 17.7 Å². The Hall–Kier alpha value is -5.10. The van der Waals surface area contributed by atoms with E-state index in [1.807, 2.05) is 0 Å². The predicted molar refractivity (Wildman–Crippen MR) is 188 cm³/mol. The third-order valence-electron chi connectivity index (χ3n) is 7.05. The summed E-state index contributed by atoms with van der Waals surface area (Å²) < 4.78 is 56.0. The van der Waals surface area contributed by atoms with Gasteiger partial charge in [-0.3, -0.25) is 14.4 Å². The van der Waals surface area contributed by atoms with E-state index < -0.39 is 46.2 Å². The van der Waals surface area contributed by atoms with Crippen molar-refractivity contribution in [3.8, 4) is 0 Å². The monoisotopic (exact) mass is 737 g/mol. The minimum Gasteiger partial charge on any atom is -0.324 e. The summed E-state index contributed by atoms with van der Waals surface area (Å²) in [5.74, 6) is -2.90. The smallest absolute Gasteiger partial charge is 0.324 e. The largest absolute Gasteiger partial charge is 0.418 e. The topological polar surface area (TPSA) is 87.3 Å². The van der Waals surface area contributed by atoms with Crippen molar-refractivity contribution in [2.45, 2.75) is 16.3 Å². The molecule has 1 atom stereocenters. The quantitative estimate of drug-likeness (QED) is 0.0757. The second-order valence-corrected chi connectivity index (χ2v) is 12.6. The minimum absolute atomic E-state index is 0.00819. The normalized spacial score (nSPS) is 12.2. The van der Waals surface area contributed by atoms with Crippen LogP contribution in [0.15, 0.2) is 132 Å². The summed E-state index contributed by atoms with van der Waals surface area (Å²) in [5.41, 5.74) is -1.00. The van der Waals surface area contributed by atoms with Crippen LogP contribution in [0.2, 0.25) is 10.0 Å². The van der Waals surface area contributed by atoms with Gasteiger partial charge in [-0.25, -0.2) is 4.39 Å². The molecular weight excluding hydrogens is 713 g/mol. The zero-order chi connectivity index (χ0) is 35.8. The highest BCUT2D eigenvalue weighted by Crippen LogP contribution is 2.40. The van der Waals surface area contributed by atoms with Crippen LogP contribution in [0.5, 0.6) is 0 Å². The van der Waals surface area contributed by atoms with Crippen LogP contribution in [-0.2, 0) is 15.8 Å². The lowest BCUT2D eigenvalue weighted by atomic mass is 10.1. The van der Waals surface area contributed by atoms with Crippen molar-refractivity contribution in [3.05, 3.63) is 165 Å². The van der Waals surface area contributed by atoms with Crippen LogP contribution in [0, 0.1) is 5.82 Å². The van der Waals surface area contributed by atoms with Gasteiger partial charge in [0, 0.05) is 26.7 Å². The van der Waals surface area contributed by atoms with E-state index >= 15 is 0 Å². The molecule has 5 aromatic carbocycles. The van der Waals surface area contributed by atoms with Gasteiger partial charge in [0.1, 0.15) is 16.8 Å². The highest BCUT2D eigenvalue weighted by molar-refractivity contribution is 8.00. The van der Waals surface area contributed by atoms with Gasteiger partial charge in [-0.05, 0) is 72.3 Å². The number of hydrogen-bond acceptors (Lipinski definition) is 4. The summed E-state index contributed by atoms with van der Waals surface area (Å²) in [5, 5.41) is 6.42. The summed E-state index contributed by atoms with van der Waals surface area (Å²) in [7, 11) is 0. The Bertz CT molecular complexity index is 2040. The number of carbonyl (C=O) groups excluding carboxylic acids is 3. The molecule has 0 saturated carbocycles. The predicted octanol–water partition coefficient (Wildman–Crippen LogP) is 10.0. The summed E-state index contributed by atoms with van der Waals surface area (Å²) in [6.07, 6.45) is -3.66. The van der Waals surface area contributed by atoms with E-state index in [9.17, 15) is 31.9 Å². The van der Waals surface area contributed by atoms with Crippen molar-refractivity contribution in [2.24, 2.45) is 0 Å². The zero-order valence-corrected chi connectivity index (χ0v) is 27.9. The average molecular weight is 739 g/mol. The fourth-order valence-electron chi connectivity index (χ4n) is 4.68. The van der Waals surface area contributed by atoms with Gasteiger partial charge in [0.25, 0.3) is 11.8 Å². The van der Waals surface area contributed by atoms with Crippen molar-refractivity contribution < 1.29 is 31.9 Å². The van der Waals surface area contributed by atoms with E-state index in [0.29, 0.717) is 10.5 Å². The van der Waals surface area contributed by atoms with Gasteiger partial charge in [-0.2, -0.15) is 13.2 Å². The first-order valence-electron chi connectivity index (χ1n) is 14.7. The van der Waals surface area contributed by atoms with E-state index in [1.54, 1.807) is 72.8 Å². The minimum atomic E-state index is -4.78. The molecule has 5 rings (SSSR count). The molecule has 254 valence electrons. The fourth-order valence-corrected chi connectivity index (χ4v) is 6.15. The van der Waals surface area contributed by atoms with E-state index in [0.717, 1.165) is 36.0 Å². The molecule has 0 aliphatic rings. The molecule has 0 fully saturated rings. The van der Waals surface area contributed by atoms with E-state index in [4.69, 9.17) is 23.2 Å². The molecular formula is C37H25Cl2F4N3O3S. The molecule has 0 heterocycles. The molecule has 6 nitrogen and oxygen atoms in total. The molecule has 3 amide bonds. The standard InChI is InChI=1S/C37H25Cl2F4N3O3S/c38-24-17-18-31(28(19-24)37(41,42)43)45-36(49)33(22-9-3-1-4-10-22)50-26-14-7-13-25(20-26)44-35(48)32(21-27-29(39)15-8-16-30(27)40)46-34(47)23-11-5-2-6-12-23/h1-21,33H,(H,44,48)(H,45,49)(H,46,47)/b32-21+. The first-order chi connectivity index (χ1) is 23.9. The molecule has 0 spiro atoms. The Morgan fingerprint density at radius 2 is 1.44 bits per heavy atom. The number of nitrogens with one attached hydrogen (secondary N) is 3. The molecule has 0 radical (unpaired) electrons. The van der Waals surface area contributed by atoms with Gasteiger partial charge >= 0.3 is 6.18 Å². The lowest BCUT2D eigenvalue weighted by Gasteiger charge is -2.20. The van der Waals surface area contributed by atoms with Crippen molar-refractivity contribution in [2.75, 3.05) is 10.6 Å². The van der Waals surface area contributed by atoms with Crippen molar-refractivity contribution in [1.82, 2.24) is 5.32 Å². The van der Waals surface area contributed by atoms with Crippen LogP contribution >= 0.6 is 35.0 Å². The van der Waals surface area contributed by atoms with Gasteiger partial charge < -0.3 is 16.0 Å². The van der Waals surface area contributed by atoms with E-state index in [2.05, 4.69) is 16.0 Å². The molecule has 1 unspecified atom stereocenters. The number of anilines is 2. The van der Waals surface area contributed by atoms with E-state index in [-0.39, 0.29) is 32.6 Å². The Kier molecular flexibility index (Phi) is 11.6. The maximum absolute atomic E-state index is 14.7. The molecule has 0 saturated heterocycles. The average Bonchev–Trinajstić information content (AvgIpc) is 3.09. The number of amides is 3. The third kappa shape index (κ3) is 9.32.